The number of rotatable bonds is 3. The second kappa shape index (κ2) is 5.35. The lowest BCUT2D eigenvalue weighted by atomic mass is 10.1. The molecule has 23 heavy (non-hydrogen) atoms. The fourth-order valence-corrected chi connectivity index (χ4v) is 2.68. The summed E-state index contributed by atoms with van der Waals surface area (Å²) in [6, 6.07) is 4.71. The van der Waals surface area contributed by atoms with E-state index < -0.39 is 0 Å². The first-order valence-corrected chi connectivity index (χ1v) is 7.16. The highest BCUT2D eigenvalue weighted by Crippen LogP contribution is 2.28. The Hall–Kier alpha value is -2.96. The first-order chi connectivity index (χ1) is 10.9. The van der Waals surface area contributed by atoms with Crippen LogP contribution in [0.1, 0.15) is 44.6 Å². The molecule has 2 N–H and O–H groups in total. The van der Waals surface area contributed by atoms with Crippen molar-refractivity contribution in [2.75, 3.05) is 5.32 Å². The number of hydrogen-bond donors (Lipinski definition) is 2. The van der Waals surface area contributed by atoms with Crippen molar-refractivity contribution in [1.82, 2.24) is 15.1 Å². The maximum atomic E-state index is 12.6. The van der Waals surface area contributed by atoms with Crippen LogP contribution < -0.4 is 5.32 Å². The lowest BCUT2D eigenvalue weighted by Gasteiger charge is -2.13. The van der Waals surface area contributed by atoms with E-state index in [1.54, 1.807) is 12.1 Å². The van der Waals surface area contributed by atoms with Crippen molar-refractivity contribution in [2.45, 2.75) is 27.3 Å². The fraction of sp³-hybridized carbons (Fsp3) is 0.250. The van der Waals surface area contributed by atoms with Crippen molar-refractivity contribution in [3.8, 4) is 0 Å². The molecule has 0 fully saturated rings. The van der Waals surface area contributed by atoms with Gasteiger partial charge in [-0.1, -0.05) is 0 Å². The number of imide groups is 1. The molecule has 0 spiro atoms. The van der Waals surface area contributed by atoms with Gasteiger partial charge in [-0.05, 0) is 32.0 Å². The third-order valence-electron chi connectivity index (χ3n) is 3.89. The highest BCUT2D eigenvalue weighted by Gasteiger charge is 2.36. The largest absolute Gasteiger partial charge is 0.326 e. The summed E-state index contributed by atoms with van der Waals surface area (Å²) in [7, 11) is 0. The Kier molecular flexibility index (Phi) is 3.48. The van der Waals surface area contributed by atoms with Gasteiger partial charge in [0.2, 0.25) is 5.91 Å². The second-order valence-electron chi connectivity index (χ2n) is 5.55. The Balaban J connectivity index is 1.93. The predicted molar refractivity (Wildman–Crippen MR) is 83.0 cm³/mol. The van der Waals surface area contributed by atoms with Crippen molar-refractivity contribution in [1.29, 1.82) is 0 Å². The molecule has 0 bridgehead atoms. The van der Waals surface area contributed by atoms with Gasteiger partial charge in [-0.3, -0.25) is 24.4 Å². The molecule has 1 aliphatic heterocycles. The fourth-order valence-electron chi connectivity index (χ4n) is 2.68. The lowest BCUT2D eigenvalue weighted by molar-refractivity contribution is -0.114. The Labute approximate surface area is 132 Å². The number of nitrogens with one attached hydrogen (secondary N) is 2. The van der Waals surface area contributed by atoms with E-state index in [0.29, 0.717) is 16.8 Å². The summed E-state index contributed by atoms with van der Waals surface area (Å²) >= 11 is 0. The van der Waals surface area contributed by atoms with E-state index in [9.17, 15) is 14.4 Å². The number of anilines is 1. The van der Waals surface area contributed by atoms with Crippen LogP contribution in [0, 0.1) is 13.8 Å². The van der Waals surface area contributed by atoms with E-state index in [-0.39, 0.29) is 24.3 Å². The highest BCUT2D eigenvalue weighted by atomic mass is 16.2. The minimum Gasteiger partial charge on any atom is -0.326 e. The topological polar surface area (TPSA) is 95.2 Å². The summed E-state index contributed by atoms with van der Waals surface area (Å²) in [5.74, 6) is -0.931. The van der Waals surface area contributed by atoms with Crippen LogP contribution in [-0.4, -0.2) is 32.8 Å². The van der Waals surface area contributed by atoms with Crippen LogP contribution in [0.25, 0.3) is 0 Å². The van der Waals surface area contributed by atoms with Crippen molar-refractivity contribution in [3.63, 3.8) is 0 Å². The van der Waals surface area contributed by atoms with Gasteiger partial charge in [-0.15, -0.1) is 0 Å². The minimum absolute atomic E-state index is 0.177. The highest BCUT2D eigenvalue weighted by molar-refractivity contribution is 6.21. The lowest BCUT2D eigenvalue weighted by Crippen LogP contribution is -2.29. The molecule has 0 aliphatic carbocycles. The molecule has 0 unspecified atom stereocenters. The molecule has 0 radical (unpaired) electrons. The van der Waals surface area contributed by atoms with E-state index in [2.05, 4.69) is 15.5 Å². The number of hydrogen-bond acceptors (Lipinski definition) is 4. The molecule has 2 aromatic rings. The quantitative estimate of drug-likeness (QED) is 0.845. The molecule has 2 heterocycles. The first kappa shape index (κ1) is 15.0. The van der Waals surface area contributed by atoms with Gasteiger partial charge < -0.3 is 5.32 Å². The van der Waals surface area contributed by atoms with Gasteiger partial charge in [0.1, 0.15) is 0 Å². The van der Waals surface area contributed by atoms with Gasteiger partial charge >= 0.3 is 0 Å². The zero-order valence-electron chi connectivity index (χ0n) is 13.1. The molecule has 0 atom stereocenters. The number of H-pyrrole nitrogens is 1. The van der Waals surface area contributed by atoms with Gasteiger partial charge in [0.15, 0.2) is 0 Å². The molecule has 118 valence electrons. The zero-order valence-corrected chi connectivity index (χ0v) is 13.1. The standard InChI is InChI=1S/C16H16N4O3/c1-8-14(9(2)19-18-8)7-20-15(22)12-5-4-11(17-10(3)21)6-13(12)16(20)23/h4-6H,7H2,1-3H3,(H,17,21)(H,18,19). The van der Waals surface area contributed by atoms with Crippen LogP contribution >= 0.6 is 0 Å². The summed E-state index contributed by atoms with van der Waals surface area (Å²) in [5, 5.41) is 9.54. The molecule has 3 rings (SSSR count). The van der Waals surface area contributed by atoms with Gasteiger partial charge in [-0.25, -0.2) is 0 Å². The number of amides is 3. The monoisotopic (exact) mass is 312 g/mol. The second-order valence-corrected chi connectivity index (χ2v) is 5.55. The summed E-state index contributed by atoms with van der Waals surface area (Å²) in [5.41, 5.74) is 3.58. The average Bonchev–Trinajstić information content (AvgIpc) is 2.92. The molecule has 1 aromatic heterocycles. The third kappa shape index (κ3) is 2.50. The zero-order chi connectivity index (χ0) is 16.7. The maximum absolute atomic E-state index is 12.6. The number of aryl methyl sites for hydroxylation is 2. The summed E-state index contributed by atoms with van der Waals surface area (Å²) < 4.78 is 0. The normalized spacial score (nSPS) is 13.4. The number of aromatic nitrogens is 2. The van der Waals surface area contributed by atoms with Crippen LogP contribution in [-0.2, 0) is 11.3 Å². The number of fused-ring (bicyclic) bond motifs is 1. The molecule has 0 saturated carbocycles. The van der Waals surface area contributed by atoms with Gasteiger partial charge in [0.25, 0.3) is 11.8 Å². The van der Waals surface area contributed by atoms with E-state index in [1.165, 1.54) is 17.9 Å². The summed E-state index contributed by atoms with van der Waals surface area (Å²) in [6.45, 7) is 5.24. The van der Waals surface area contributed by atoms with Crippen LogP contribution in [0.2, 0.25) is 0 Å². The molecule has 7 heteroatoms. The van der Waals surface area contributed by atoms with Crippen molar-refractivity contribution in [3.05, 3.63) is 46.3 Å². The average molecular weight is 312 g/mol. The van der Waals surface area contributed by atoms with Crippen molar-refractivity contribution < 1.29 is 14.4 Å². The third-order valence-corrected chi connectivity index (χ3v) is 3.89. The molecule has 1 aliphatic rings. The smallest absolute Gasteiger partial charge is 0.261 e. The Morgan fingerprint density at radius 1 is 1.22 bits per heavy atom. The van der Waals surface area contributed by atoms with Gasteiger partial charge in [-0.2, -0.15) is 5.10 Å². The molecule has 3 amide bonds. The number of carbonyl (C=O) groups is 3. The molecule has 7 nitrogen and oxygen atoms in total. The number of aromatic amines is 1. The Morgan fingerprint density at radius 3 is 2.52 bits per heavy atom. The van der Waals surface area contributed by atoms with Crippen molar-refractivity contribution >= 4 is 23.4 Å². The Morgan fingerprint density at radius 2 is 1.91 bits per heavy atom. The van der Waals surface area contributed by atoms with Crippen LogP contribution in [0.4, 0.5) is 5.69 Å². The van der Waals surface area contributed by atoms with E-state index in [4.69, 9.17) is 0 Å². The molecular formula is C16H16N4O3. The number of carbonyl (C=O) groups excluding carboxylic acids is 3. The number of nitrogens with zero attached hydrogens (tertiary/aromatic N) is 2. The van der Waals surface area contributed by atoms with E-state index in [1.807, 2.05) is 13.8 Å². The van der Waals surface area contributed by atoms with E-state index >= 15 is 0 Å². The van der Waals surface area contributed by atoms with Crippen LogP contribution in [0.15, 0.2) is 18.2 Å². The molecule has 1 aromatic carbocycles. The first-order valence-electron chi connectivity index (χ1n) is 7.16. The van der Waals surface area contributed by atoms with Gasteiger partial charge in [0, 0.05) is 23.9 Å². The maximum Gasteiger partial charge on any atom is 0.261 e. The Bertz CT molecular complexity index is 818. The summed E-state index contributed by atoms with van der Waals surface area (Å²) in [6.07, 6.45) is 0. The van der Waals surface area contributed by atoms with Crippen molar-refractivity contribution in [2.24, 2.45) is 0 Å². The molecule has 0 saturated heterocycles. The number of benzene rings is 1. The van der Waals surface area contributed by atoms with E-state index in [0.717, 1.165) is 17.0 Å². The molecular weight excluding hydrogens is 296 g/mol. The SMILES string of the molecule is CC(=O)Nc1ccc2c(c1)C(=O)N(Cc1c(C)n[nH]c1C)C2=O. The van der Waals surface area contributed by atoms with Gasteiger partial charge in [0.05, 0.1) is 23.4 Å². The summed E-state index contributed by atoms with van der Waals surface area (Å²) in [4.78, 5) is 37.4. The van der Waals surface area contributed by atoms with Crippen LogP contribution in [0.3, 0.4) is 0 Å². The van der Waals surface area contributed by atoms with Crippen LogP contribution in [0.5, 0.6) is 0 Å². The minimum atomic E-state index is -0.364. The predicted octanol–water partition coefficient (Wildman–Crippen LogP) is 1.78.